The van der Waals surface area contributed by atoms with Crippen LogP contribution >= 0.6 is 0 Å². The van der Waals surface area contributed by atoms with Gasteiger partial charge in [-0.1, -0.05) is 30.3 Å². The predicted octanol–water partition coefficient (Wildman–Crippen LogP) is 3.28. The van der Waals surface area contributed by atoms with Gasteiger partial charge in [-0.05, 0) is 17.2 Å². The third kappa shape index (κ3) is 2.71. The van der Waals surface area contributed by atoms with Crippen molar-refractivity contribution in [2.75, 3.05) is 0 Å². The molecule has 0 saturated carbocycles. The number of aromatic amines is 1. The molecule has 0 spiro atoms. The summed E-state index contributed by atoms with van der Waals surface area (Å²) in [6.07, 6.45) is -3.29. The summed E-state index contributed by atoms with van der Waals surface area (Å²) in [6, 6.07) is 9.26. The Morgan fingerprint density at radius 2 is 1.90 bits per heavy atom. The summed E-state index contributed by atoms with van der Waals surface area (Å²) in [5.74, 6) is 0. The van der Waals surface area contributed by atoms with E-state index in [1.807, 2.05) is 30.3 Å². The average molecular weight is 294 g/mol. The zero-order valence-electron chi connectivity index (χ0n) is 11.0. The zero-order chi connectivity index (χ0) is 15.0. The van der Waals surface area contributed by atoms with E-state index in [2.05, 4.69) is 10.2 Å². The first kappa shape index (κ1) is 13.9. The van der Waals surface area contributed by atoms with E-state index in [0.29, 0.717) is 17.7 Å². The van der Waals surface area contributed by atoms with Gasteiger partial charge >= 0.3 is 6.18 Å². The summed E-state index contributed by atoms with van der Waals surface area (Å²) in [7, 11) is 0. The summed E-state index contributed by atoms with van der Waals surface area (Å²) in [4.78, 5) is 0. The van der Waals surface area contributed by atoms with Crippen LogP contribution in [-0.4, -0.2) is 21.4 Å². The highest BCUT2D eigenvalue weighted by Crippen LogP contribution is 2.38. The monoisotopic (exact) mass is 294 g/mol. The molecule has 1 aliphatic rings. The van der Waals surface area contributed by atoms with E-state index in [0.717, 1.165) is 5.56 Å². The number of fused-ring (bicyclic) bond motifs is 1. The van der Waals surface area contributed by atoms with Crippen molar-refractivity contribution in [3.8, 4) is 0 Å². The Hall–Kier alpha value is -2.08. The van der Waals surface area contributed by atoms with Crippen LogP contribution in [0, 0.1) is 0 Å². The fourth-order valence-electron chi connectivity index (χ4n) is 2.60. The lowest BCUT2D eigenvalue weighted by molar-refractivity contribution is -0.141. The van der Waals surface area contributed by atoms with Gasteiger partial charge < -0.3 is 5.11 Å². The van der Waals surface area contributed by atoms with Crippen LogP contribution in [0.1, 0.15) is 28.9 Å². The standard InChI is InChI=1S/C15H13F3N2O/c16-15(17,18)14-12-8-11(21)7-10(13(12)19-20-14)6-9-4-2-1-3-5-9/h1-6,11,21H,7-8H2,(H,19,20)/b10-6+. The Balaban J connectivity index is 2.07. The third-order valence-electron chi connectivity index (χ3n) is 3.49. The summed E-state index contributed by atoms with van der Waals surface area (Å²) in [5, 5.41) is 15.7. The van der Waals surface area contributed by atoms with Crippen LogP contribution in [-0.2, 0) is 12.6 Å². The largest absolute Gasteiger partial charge is 0.433 e. The molecule has 0 fully saturated rings. The van der Waals surface area contributed by atoms with Gasteiger partial charge in [0.1, 0.15) is 5.69 Å². The first-order valence-corrected chi connectivity index (χ1v) is 6.53. The molecular formula is C15H13F3N2O. The summed E-state index contributed by atoms with van der Waals surface area (Å²) < 4.78 is 38.8. The molecule has 1 aromatic carbocycles. The number of aromatic nitrogens is 2. The van der Waals surface area contributed by atoms with E-state index in [9.17, 15) is 18.3 Å². The Morgan fingerprint density at radius 1 is 1.19 bits per heavy atom. The fraction of sp³-hybridized carbons (Fsp3) is 0.267. The molecule has 110 valence electrons. The van der Waals surface area contributed by atoms with Gasteiger partial charge in [0.25, 0.3) is 0 Å². The smallest absolute Gasteiger partial charge is 0.392 e. The van der Waals surface area contributed by atoms with Crippen molar-refractivity contribution in [1.29, 1.82) is 0 Å². The molecule has 1 heterocycles. The van der Waals surface area contributed by atoms with E-state index in [4.69, 9.17) is 0 Å². The molecule has 2 N–H and O–H groups in total. The van der Waals surface area contributed by atoms with Gasteiger partial charge in [0.05, 0.1) is 11.8 Å². The molecule has 1 aromatic heterocycles. The number of hydrogen-bond acceptors (Lipinski definition) is 2. The molecule has 0 radical (unpaired) electrons. The van der Waals surface area contributed by atoms with Crippen LogP contribution < -0.4 is 0 Å². The number of H-pyrrole nitrogens is 1. The molecule has 3 nitrogen and oxygen atoms in total. The van der Waals surface area contributed by atoms with Crippen molar-refractivity contribution in [2.24, 2.45) is 0 Å². The Morgan fingerprint density at radius 3 is 2.57 bits per heavy atom. The number of aliphatic hydroxyl groups excluding tert-OH is 1. The zero-order valence-corrected chi connectivity index (χ0v) is 11.0. The number of nitrogens with zero attached hydrogens (tertiary/aromatic N) is 1. The van der Waals surface area contributed by atoms with Crippen molar-refractivity contribution in [1.82, 2.24) is 10.2 Å². The molecule has 2 aromatic rings. The van der Waals surface area contributed by atoms with Crippen molar-refractivity contribution in [2.45, 2.75) is 25.1 Å². The summed E-state index contributed by atoms with van der Waals surface area (Å²) >= 11 is 0. The Labute approximate surface area is 119 Å². The molecule has 0 aliphatic heterocycles. The van der Waals surface area contributed by atoms with Gasteiger partial charge in [-0.3, -0.25) is 5.10 Å². The first-order valence-electron chi connectivity index (χ1n) is 6.53. The van der Waals surface area contributed by atoms with Gasteiger partial charge in [0.15, 0.2) is 0 Å². The van der Waals surface area contributed by atoms with E-state index in [-0.39, 0.29) is 12.0 Å². The summed E-state index contributed by atoms with van der Waals surface area (Å²) in [5.41, 5.74) is 0.959. The maximum Gasteiger partial charge on any atom is 0.433 e. The minimum atomic E-state index is -4.49. The highest BCUT2D eigenvalue weighted by Gasteiger charge is 2.39. The van der Waals surface area contributed by atoms with E-state index in [1.54, 1.807) is 6.08 Å². The van der Waals surface area contributed by atoms with Crippen LogP contribution in [0.5, 0.6) is 0 Å². The van der Waals surface area contributed by atoms with E-state index in [1.165, 1.54) is 0 Å². The first-order chi connectivity index (χ1) is 9.95. The molecule has 1 atom stereocenters. The topological polar surface area (TPSA) is 48.9 Å². The predicted molar refractivity (Wildman–Crippen MR) is 72.2 cm³/mol. The molecule has 3 rings (SSSR count). The number of aliphatic hydroxyl groups is 1. The quantitative estimate of drug-likeness (QED) is 0.848. The highest BCUT2D eigenvalue weighted by atomic mass is 19.4. The fourth-order valence-corrected chi connectivity index (χ4v) is 2.60. The maximum atomic E-state index is 12.9. The van der Waals surface area contributed by atoms with Crippen LogP contribution in [0.15, 0.2) is 30.3 Å². The SMILES string of the molecule is OC1C/C(=C\c2ccccc2)c2n[nH]c(C(F)(F)F)c2C1. The third-order valence-corrected chi connectivity index (χ3v) is 3.49. The van der Waals surface area contributed by atoms with Crippen molar-refractivity contribution in [3.63, 3.8) is 0 Å². The number of halogens is 3. The minimum absolute atomic E-state index is 0.0349. The van der Waals surface area contributed by atoms with E-state index < -0.39 is 18.0 Å². The van der Waals surface area contributed by atoms with Gasteiger partial charge in [-0.25, -0.2) is 0 Å². The van der Waals surface area contributed by atoms with Crippen molar-refractivity contribution < 1.29 is 18.3 Å². The molecular weight excluding hydrogens is 281 g/mol. The molecule has 0 bridgehead atoms. The number of nitrogens with one attached hydrogen (secondary N) is 1. The lowest BCUT2D eigenvalue weighted by atomic mass is 9.88. The summed E-state index contributed by atoms with van der Waals surface area (Å²) in [6.45, 7) is 0. The normalized spacial score (nSPS) is 20.6. The lowest BCUT2D eigenvalue weighted by Gasteiger charge is -2.20. The highest BCUT2D eigenvalue weighted by molar-refractivity contribution is 5.82. The molecule has 6 heteroatoms. The number of rotatable bonds is 1. The second-order valence-corrected chi connectivity index (χ2v) is 5.07. The van der Waals surface area contributed by atoms with Crippen molar-refractivity contribution >= 4 is 11.6 Å². The second-order valence-electron chi connectivity index (χ2n) is 5.07. The van der Waals surface area contributed by atoms with Crippen molar-refractivity contribution in [3.05, 3.63) is 52.8 Å². The number of benzene rings is 1. The Bertz CT molecular complexity index is 674. The Kier molecular flexibility index (Phi) is 3.33. The maximum absolute atomic E-state index is 12.9. The van der Waals surface area contributed by atoms with Crippen LogP contribution in [0.25, 0.3) is 11.6 Å². The minimum Gasteiger partial charge on any atom is -0.392 e. The van der Waals surface area contributed by atoms with Crippen LogP contribution in [0.4, 0.5) is 13.2 Å². The number of hydrogen-bond donors (Lipinski definition) is 2. The molecule has 0 saturated heterocycles. The van der Waals surface area contributed by atoms with Gasteiger partial charge in [-0.15, -0.1) is 0 Å². The van der Waals surface area contributed by atoms with Crippen LogP contribution in [0.3, 0.4) is 0 Å². The molecule has 21 heavy (non-hydrogen) atoms. The van der Waals surface area contributed by atoms with Gasteiger partial charge in [-0.2, -0.15) is 18.3 Å². The number of alkyl halides is 3. The molecule has 1 unspecified atom stereocenters. The second kappa shape index (κ2) is 5.04. The van der Waals surface area contributed by atoms with Gasteiger partial charge in [0.2, 0.25) is 0 Å². The molecule has 1 aliphatic carbocycles. The molecule has 0 amide bonds. The van der Waals surface area contributed by atoms with Gasteiger partial charge in [0, 0.05) is 18.4 Å². The lowest BCUT2D eigenvalue weighted by Crippen LogP contribution is -2.20. The van der Waals surface area contributed by atoms with Crippen LogP contribution in [0.2, 0.25) is 0 Å². The van der Waals surface area contributed by atoms with E-state index >= 15 is 0 Å². The average Bonchev–Trinajstić information content (AvgIpc) is 2.83.